The highest BCUT2D eigenvalue weighted by Crippen LogP contribution is 2.80. The minimum absolute atomic E-state index is 0.0119. The number of benzene rings is 1. The monoisotopic (exact) mass is 1030 g/mol. The fourth-order valence-corrected chi connectivity index (χ4v) is 21.0. The van der Waals surface area contributed by atoms with Crippen molar-refractivity contribution >= 4 is 22.6 Å². The highest BCUT2D eigenvalue weighted by atomic mass is 16.6. The molecular formula is C65H91N3O7. The summed E-state index contributed by atoms with van der Waals surface area (Å²) in [4.78, 5) is 34.6. The zero-order chi connectivity index (χ0) is 52.4. The molecule has 2 aromatic heterocycles. The highest BCUT2D eigenvalue weighted by Gasteiger charge is 2.77. The lowest BCUT2D eigenvalue weighted by atomic mass is 9.30. The molecule has 0 unspecified atom stereocenters. The fourth-order valence-electron chi connectivity index (χ4n) is 21.0. The molecule has 7 aliphatic carbocycles. The number of carbonyl (C=O) groups excluding carboxylic acids is 2. The van der Waals surface area contributed by atoms with Crippen molar-refractivity contribution in [3.63, 3.8) is 0 Å². The Bertz CT molecular complexity index is 2820. The summed E-state index contributed by atoms with van der Waals surface area (Å²) in [7, 11) is 1.98. The summed E-state index contributed by atoms with van der Waals surface area (Å²) in [6.07, 6.45) is 20.2. The van der Waals surface area contributed by atoms with Gasteiger partial charge in [0.1, 0.15) is 11.9 Å². The molecule has 3 aromatic rings. The third-order valence-electron chi connectivity index (χ3n) is 24.9. The summed E-state index contributed by atoms with van der Waals surface area (Å²) in [6, 6.07) is 5.21. The topological polar surface area (TPSA) is 149 Å². The lowest BCUT2D eigenvalue weighted by molar-refractivity contribution is -0.262. The number of aryl methyl sites for hydroxylation is 1. The molecule has 10 heteroatoms. The van der Waals surface area contributed by atoms with Gasteiger partial charge in [0.15, 0.2) is 5.78 Å². The predicted molar refractivity (Wildman–Crippen MR) is 293 cm³/mol. The van der Waals surface area contributed by atoms with Crippen LogP contribution in [0.4, 0.5) is 0 Å². The Labute approximate surface area is 447 Å². The van der Waals surface area contributed by atoms with Crippen LogP contribution in [0, 0.1) is 56.2 Å². The van der Waals surface area contributed by atoms with E-state index < -0.39 is 62.3 Å². The third-order valence-corrected chi connectivity index (χ3v) is 24.9. The SMILES string of the molecule is CNCC[C@]1(C)C(=O)C[C@]2(CC[C@@H](O)C2)[C@@]2(C)[C@H]3[C@H](O)[C@H]4Cn5cc(Cc6cc(C7CCOCC7)c7c(c6)[C@@H]6CCCC[C@@H]6CC7)c6[nH]cc(c65)CC[C@@](C)(C[C@@H](O)[C@H]5OC5(C)C)C5=C4[C@](C)(CC5=O)[C@@]3(C)CC[C@H]21. The van der Waals surface area contributed by atoms with E-state index in [9.17, 15) is 20.1 Å². The molecule has 10 aliphatic rings. The van der Waals surface area contributed by atoms with Crippen molar-refractivity contribution in [3.05, 3.63) is 69.1 Å². The van der Waals surface area contributed by atoms with Crippen molar-refractivity contribution in [2.24, 2.45) is 56.2 Å². The third kappa shape index (κ3) is 7.35. The van der Waals surface area contributed by atoms with E-state index in [1.807, 2.05) is 20.9 Å². The van der Waals surface area contributed by atoms with Crippen LogP contribution in [0.1, 0.15) is 203 Å². The van der Waals surface area contributed by atoms with E-state index in [1.54, 1.807) is 16.7 Å². The molecular weight excluding hydrogens is 935 g/mol. The van der Waals surface area contributed by atoms with E-state index in [1.165, 1.54) is 66.2 Å². The molecule has 5 saturated carbocycles. The van der Waals surface area contributed by atoms with Crippen LogP contribution in [0.15, 0.2) is 35.7 Å². The van der Waals surface area contributed by atoms with Gasteiger partial charge in [0.2, 0.25) is 0 Å². The van der Waals surface area contributed by atoms with Gasteiger partial charge in [-0.3, -0.25) is 9.59 Å². The van der Waals surface area contributed by atoms with Crippen LogP contribution in [0.25, 0.3) is 11.0 Å². The summed E-state index contributed by atoms with van der Waals surface area (Å²) in [5.41, 5.74) is 9.42. The number of rotatable bonds is 9. The largest absolute Gasteiger partial charge is 0.393 e. The first-order valence-corrected chi connectivity index (χ1v) is 30.3. The lowest BCUT2D eigenvalue weighted by Crippen LogP contribution is -2.72. The highest BCUT2D eigenvalue weighted by molar-refractivity contribution is 6.02. The molecule has 15 atom stereocenters. The van der Waals surface area contributed by atoms with Gasteiger partial charge in [-0.05, 0) is 214 Å². The summed E-state index contributed by atoms with van der Waals surface area (Å²) < 4.78 is 14.6. The van der Waals surface area contributed by atoms with E-state index >= 15 is 4.79 Å². The molecule has 75 heavy (non-hydrogen) atoms. The predicted octanol–water partition coefficient (Wildman–Crippen LogP) is 11.0. The number of H-pyrrole nitrogens is 1. The molecule has 10 nitrogen and oxygen atoms in total. The van der Waals surface area contributed by atoms with E-state index in [0.717, 1.165) is 88.2 Å². The molecule has 5 heterocycles. The Kier molecular flexibility index (Phi) is 12.1. The lowest BCUT2D eigenvalue weighted by Gasteiger charge is -2.74. The molecule has 1 aromatic carbocycles. The second-order valence-corrected chi connectivity index (χ2v) is 29.0. The molecule has 0 amide bonds. The first kappa shape index (κ1) is 51.3. The van der Waals surface area contributed by atoms with Crippen LogP contribution in [0.2, 0.25) is 0 Å². The van der Waals surface area contributed by atoms with Gasteiger partial charge in [0.05, 0.1) is 34.9 Å². The van der Waals surface area contributed by atoms with Crippen LogP contribution >= 0.6 is 0 Å². The first-order valence-electron chi connectivity index (χ1n) is 30.3. The molecule has 1 spiro atoms. The van der Waals surface area contributed by atoms with Gasteiger partial charge < -0.3 is 39.7 Å². The van der Waals surface area contributed by atoms with Crippen molar-refractivity contribution in [2.45, 2.75) is 225 Å². The minimum Gasteiger partial charge on any atom is -0.393 e. The molecule has 2 saturated heterocycles. The standard InChI is InChI=1S/C65H91N3O7/c1-59(2)58(75-59)49(71)31-60(3)20-15-40-34-67-54-41(27-37-28-45(39-18-25-74-26-19-39)44-14-13-38-11-9-10-12-43(38)46(44)29-37)35-68(55(40)54)36-47-52-53(60)48(70)32-63(52,6)62(5)21-17-50-61(4,23-24-66-8)51(72)33-65(22-16-42(69)30-65)64(50,7)57(62)56(47)73/h28-29,34-35,38-39,42-43,47,49-50,56-58,66-67,69,71,73H,9-27,30-33,36H2,1-8H3/t38-,42-,43-,47+,49-,50+,56-,57+,58-,60+,61+,62+,63+,64-,65-/m1/s1. The quantitative estimate of drug-likeness (QED) is 0.133. The maximum Gasteiger partial charge on any atom is 0.160 e. The van der Waals surface area contributed by atoms with E-state index in [4.69, 9.17) is 9.47 Å². The Morgan fingerprint density at radius 1 is 0.880 bits per heavy atom. The number of ether oxygens (including phenoxy) is 2. The molecule has 0 radical (unpaired) electrons. The number of nitrogens with one attached hydrogen (secondary N) is 2. The number of aromatic nitrogens is 2. The Balaban J connectivity index is 0.976. The van der Waals surface area contributed by atoms with Gasteiger partial charge in [0.25, 0.3) is 0 Å². The van der Waals surface area contributed by atoms with Crippen LogP contribution in [-0.2, 0) is 44.9 Å². The second-order valence-electron chi connectivity index (χ2n) is 29.0. The Morgan fingerprint density at radius 3 is 2.37 bits per heavy atom. The number of aliphatic hydroxyl groups is 3. The number of aliphatic hydroxyl groups excluding tert-OH is 3. The van der Waals surface area contributed by atoms with Crippen LogP contribution in [-0.4, -0.2) is 93.3 Å². The summed E-state index contributed by atoms with van der Waals surface area (Å²) in [5, 5.41) is 41.5. The van der Waals surface area contributed by atoms with Gasteiger partial charge >= 0.3 is 0 Å². The molecule has 408 valence electrons. The smallest absolute Gasteiger partial charge is 0.160 e. The number of allylic oxidation sites excluding steroid dienone is 1. The maximum atomic E-state index is 15.7. The minimum atomic E-state index is -0.822. The number of Topliss-reactive ketones (excluding diaryl/α,β-unsaturated/α-hetero) is 2. The molecule has 5 N–H and O–H groups in total. The Hall–Kier alpha value is -3.12. The van der Waals surface area contributed by atoms with Crippen LogP contribution < -0.4 is 5.32 Å². The molecule has 3 aliphatic heterocycles. The van der Waals surface area contributed by atoms with Gasteiger partial charge in [-0.2, -0.15) is 0 Å². The normalized spacial score (nSPS) is 42.5. The second kappa shape index (κ2) is 17.7. The van der Waals surface area contributed by atoms with Crippen molar-refractivity contribution in [1.82, 2.24) is 14.9 Å². The summed E-state index contributed by atoms with van der Waals surface area (Å²) in [5.74, 6) is 1.85. The zero-order valence-corrected chi connectivity index (χ0v) is 47.0. The van der Waals surface area contributed by atoms with Gasteiger partial charge in [-0.25, -0.2) is 0 Å². The zero-order valence-electron chi connectivity index (χ0n) is 47.0. The van der Waals surface area contributed by atoms with Gasteiger partial charge in [-0.1, -0.05) is 59.6 Å². The van der Waals surface area contributed by atoms with E-state index in [-0.39, 0.29) is 23.7 Å². The Morgan fingerprint density at radius 2 is 1.64 bits per heavy atom. The van der Waals surface area contributed by atoms with Crippen molar-refractivity contribution in [3.8, 4) is 0 Å². The van der Waals surface area contributed by atoms with Crippen molar-refractivity contribution in [1.29, 1.82) is 0 Å². The van der Waals surface area contributed by atoms with Crippen molar-refractivity contribution < 1.29 is 34.4 Å². The number of hydrogen-bond donors (Lipinski definition) is 5. The van der Waals surface area contributed by atoms with Gasteiger partial charge in [-0.15, -0.1) is 0 Å². The molecule has 0 bridgehead atoms. The number of hydrogen-bond acceptors (Lipinski definition) is 8. The number of nitrogens with zero attached hydrogens (tertiary/aromatic N) is 1. The van der Waals surface area contributed by atoms with Gasteiger partial charge in [0, 0.05) is 73.7 Å². The molecule has 7 fully saturated rings. The number of epoxide rings is 1. The van der Waals surface area contributed by atoms with Crippen molar-refractivity contribution in [2.75, 3.05) is 26.8 Å². The van der Waals surface area contributed by atoms with E-state index in [2.05, 4.69) is 74.0 Å². The van der Waals surface area contributed by atoms with Crippen LogP contribution in [0.5, 0.6) is 0 Å². The summed E-state index contributed by atoms with van der Waals surface area (Å²) in [6.45, 7) is 18.8. The fraction of sp³-hybridized carbons (Fsp3) is 0.754. The number of fused-ring (bicyclic) bond motifs is 8. The summed E-state index contributed by atoms with van der Waals surface area (Å²) >= 11 is 0. The average molecular weight is 1030 g/mol. The number of aromatic amines is 1. The number of ketones is 2. The first-order chi connectivity index (χ1) is 35.7. The molecule has 13 rings (SSSR count). The number of carbonyl (C=O) groups is 2. The maximum absolute atomic E-state index is 15.7. The van der Waals surface area contributed by atoms with E-state index in [0.29, 0.717) is 62.7 Å². The van der Waals surface area contributed by atoms with Crippen LogP contribution in [0.3, 0.4) is 0 Å². The average Bonchev–Trinajstić information content (AvgIpc) is 3.93.